The molecule has 4 heterocycles. The number of rotatable bonds is 7. The van der Waals surface area contributed by atoms with E-state index < -0.39 is 5.97 Å². The van der Waals surface area contributed by atoms with Crippen molar-refractivity contribution in [3.63, 3.8) is 0 Å². The number of benzene rings is 1. The molecule has 4 aromatic rings. The van der Waals surface area contributed by atoms with Gasteiger partial charge in [0, 0.05) is 43.2 Å². The molecule has 36 heavy (non-hydrogen) atoms. The number of imidazole rings is 1. The number of nitrogens with zero attached hydrogens (tertiary/aromatic N) is 5. The van der Waals surface area contributed by atoms with E-state index in [0.29, 0.717) is 25.2 Å². The van der Waals surface area contributed by atoms with Gasteiger partial charge in [-0.2, -0.15) is 5.10 Å². The molecule has 0 N–H and O–H groups in total. The van der Waals surface area contributed by atoms with Crippen molar-refractivity contribution < 1.29 is 19.1 Å². The Morgan fingerprint density at radius 2 is 1.89 bits per heavy atom. The molecule has 0 spiro atoms. The van der Waals surface area contributed by atoms with Gasteiger partial charge in [0.2, 0.25) is 0 Å². The minimum absolute atomic E-state index is 0.164. The molecule has 0 saturated heterocycles. The fraction of sp³-hybridized carbons (Fsp3) is 0.333. The Kier molecular flexibility index (Phi) is 6.45. The van der Waals surface area contributed by atoms with Gasteiger partial charge in [-0.3, -0.25) is 9.48 Å². The van der Waals surface area contributed by atoms with Crippen LogP contribution in [0.1, 0.15) is 50.3 Å². The van der Waals surface area contributed by atoms with Crippen LogP contribution in [0.4, 0.5) is 0 Å². The average Bonchev–Trinajstić information content (AvgIpc) is 3.48. The Bertz CT molecular complexity index is 1420. The van der Waals surface area contributed by atoms with Crippen LogP contribution in [0.2, 0.25) is 0 Å². The number of carbonyl (C=O) groups is 2. The molecule has 0 saturated carbocycles. The topological polar surface area (TPSA) is 91.0 Å². The maximum Gasteiger partial charge on any atom is 0.359 e. The van der Waals surface area contributed by atoms with Gasteiger partial charge in [-0.05, 0) is 49.6 Å². The maximum atomic E-state index is 13.3. The molecule has 0 fully saturated rings. The summed E-state index contributed by atoms with van der Waals surface area (Å²) < 4.78 is 14.3. The monoisotopic (exact) mass is 487 g/mol. The second kappa shape index (κ2) is 9.85. The fourth-order valence-corrected chi connectivity index (χ4v) is 4.61. The van der Waals surface area contributed by atoms with Crippen LogP contribution in [0, 0.1) is 6.92 Å². The number of ether oxygens (including phenoxy) is 2. The molecule has 0 aliphatic carbocycles. The number of fused-ring (bicyclic) bond motifs is 2. The first-order valence-electron chi connectivity index (χ1n) is 12.1. The summed E-state index contributed by atoms with van der Waals surface area (Å²) in [5.74, 6) is 0.183. The predicted molar refractivity (Wildman–Crippen MR) is 133 cm³/mol. The van der Waals surface area contributed by atoms with Crippen molar-refractivity contribution in [2.24, 2.45) is 0 Å². The predicted octanol–water partition coefficient (Wildman–Crippen LogP) is 3.47. The van der Waals surface area contributed by atoms with E-state index in [4.69, 9.17) is 9.47 Å². The van der Waals surface area contributed by atoms with Gasteiger partial charge in [0.1, 0.15) is 17.1 Å². The van der Waals surface area contributed by atoms with Crippen molar-refractivity contribution in [3.05, 3.63) is 82.6 Å². The van der Waals surface area contributed by atoms with Crippen LogP contribution in [-0.4, -0.2) is 56.2 Å². The molecule has 0 unspecified atom stereocenters. The third-order valence-electron chi connectivity index (χ3n) is 6.48. The summed E-state index contributed by atoms with van der Waals surface area (Å²) in [5.41, 5.74) is 5.34. The molecule has 1 aliphatic rings. The molecule has 1 amide bonds. The molecular formula is C27H29N5O4. The summed E-state index contributed by atoms with van der Waals surface area (Å²) >= 11 is 0. The van der Waals surface area contributed by atoms with Gasteiger partial charge >= 0.3 is 5.97 Å². The van der Waals surface area contributed by atoms with Gasteiger partial charge in [0.15, 0.2) is 5.69 Å². The third-order valence-corrected chi connectivity index (χ3v) is 6.48. The second-order valence-corrected chi connectivity index (χ2v) is 8.89. The number of pyridine rings is 1. The smallest absolute Gasteiger partial charge is 0.359 e. The lowest BCUT2D eigenvalue weighted by Crippen LogP contribution is -2.37. The lowest BCUT2D eigenvalue weighted by molar-refractivity contribution is 0.0513. The number of hydrogen-bond acceptors (Lipinski definition) is 6. The summed E-state index contributed by atoms with van der Waals surface area (Å²) in [6, 6.07) is 11.8. The van der Waals surface area contributed by atoms with Crippen LogP contribution in [0.25, 0.3) is 5.65 Å². The zero-order valence-corrected chi connectivity index (χ0v) is 20.7. The highest BCUT2D eigenvalue weighted by Gasteiger charge is 2.31. The first-order valence-corrected chi connectivity index (χ1v) is 12.1. The van der Waals surface area contributed by atoms with E-state index in [9.17, 15) is 9.59 Å². The molecular weight excluding hydrogens is 458 g/mol. The Labute approximate surface area is 209 Å². The molecule has 0 radical (unpaired) electrons. The highest BCUT2D eigenvalue weighted by molar-refractivity contribution is 5.94. The minimum Gasteiger partial charge on any atom is -0.497 e. The van der Waals surface area contributed by atoms with Crippen LogP contribution < -0.4 is 4.74 Å². The van der Waals surface area contributed by atoms with Crippen molar-refractivity contribution >= 4 is 17.5 Å². The van der Waals surface area contributed by atoms with E-state index in [1.165, 1.54) is 0 Å². The van der Waals surface area contributed by atoms with E-state index in [0.717, 1.165) is 40.2 Å². The standard InChI is InChI=1S/C27H29N5O4/c1-4-36-27(34)25-21-16-30(26(33)22-17-31-15-18(2)5-10-24(31)28-22)13-12-23(21)32(29-25)14-11-19-6-8-20(35-3)9-7-19/h5-10,15,17H,4,11-14,16H2,1-3H3. The largest absolute Gasteiger partial charge is 0.497 e. The number of aromatic nitrogens is 4. The highest BCUT2D eigenvalue weighted by Crippen LogP contribution is 2.25. The molecule has 0 atom stereocenters. The lowest BCUT2D eigenvalue weighted by Gasteiger charge is -2.27. The zero-order chi connectivity index (χ0) is 25.2. The summed E-state index contributed by atoms with van der Waals surface area (Å²) in [4.78, 5) is 32.3. The number of amides is 1. The van der Waals surface area contributed by atoms with E-state index in [1.807, 2.05) is 58.6 Å². The molecule has 186 valence electrons. The molecule has 9 heteroatoms. The highest BCUT2D eigenvalue weighted by atomic mass is 16.5. The number of carbonyl (C=O) groups excluding carboxylic acids is 2. The Morgan fingerprint density at radius 3 is 2.64 bits per heavy atom. The van der Waals surface area contributed by atoms with E-state index in [-0.39, 0.29) is 24.8 Å². The molecule has 1 aliphatic heterocycles. The Morgan fingerprint density at radius 1 is 1.08 bits per heavy atom. The van der Waals surface area contributed by atoms with Gasteiger partial charge in [0.05, 0.1) is 20.3 Å². The van der Waals surface area contributed by atoms with Crippen molar-refractivity contribution in [3.8, 4) is 5.75 Å². The maximum absolute atomic E-state index is 13.3. The van der Waals surface area contributed by atoms with Crippen LogP contribution in [0.3, 0.4) is 0 Å². The van der Waals surface area contributed by atoms with Gasteiger partial charge in [-0.25, -0.2) is 9.78 Å². The fourth-order valence-electron chi connectivity index (χ4n) is 4.61. The van der Waals surface area contributed by atoms with Crippen LogP contribution in [0.5, 0.6) is 5.75 Å². The first-order chi connectivity index (χ1) is 17.5. The summed E-state index contributed by atoms with van der Waals surface area (Å²) in [5, 5.41) is 4.63. The number of hydrogen-bond donors (Lipinski definition) is 0. The van der Waals surface area contributed by atoms with Crippen LogP contribution in [0.15, 0.2) is 48.8 Å². The quantitative estimate of drug-likeness (QED) is 0.371. The van der Waals surface area contributed by atoms with Crippen LogP contribution >= 0.6 is 0 Å². The van der Waals surface area contributed by atoms with E-state index in [2.05, 4.69) is 10.1 Å². The third kappa shape index (κ3) is 4.56. The minimum atomic E-state index is -0.463. The molecule has 9 nitrogen and oxygen atoms in total. The van der Waals surface area contributed by atoms with Crippen molar-refractivity contribution in [2.45, 2.75) is 39.8 Å². The lowest BCUT2D eigenvalue weighted by atomic mass is 10.0. The molecule has 0 bridgehead atoms. The number of methoxy groups -OCH3 is 1. The number of esters is 1. The van der Waals surface area contributed by atoms with E-state index >= 15 is 0 Å². The van der Waals surface area contributed by atoms with E-state index in [1.54, 1.807) is 25.1 Å². The molecule has 1 aromatic carbocycles. The van der Waals surface area contributed by atoms with Gasteiger partial charge in [-0.1, -0.05) is 18.2 Å². The SMILES string of the molecule is CCOC(=O)c1nn(CCc2ccc(OC)cc2)c2c1CN(C(=O)c1cn3cc(C)ccc3n1)CC2. The van der Waals surface area contributed by atoms with Gasteiger partial charge < -0.3 is 18.8 Å². The summed E-state index contributed by atoms with van der Waals surface area (Å²) in [7, 11) is 1.64. The normalized spacial score (nSPS) is 13.0. The van der Waals surface area contributed by atoms with Crippen molar-refractivity contribution in [1.82, 2.24) is 24.1 Å². The molecule has 5 rings (SSSR count). The summed E-state index contributed by atoms with van der Waals surface area (Å²) in [6.07, 6.45) is 5.05. The van der Waals surface area contributed by atoms with Gasteiger partial charge in [-0.15, -0.1) is 0 Å². The second-order valence-electron chi connectivity index (χ2n) is 8.89. The average molecular weight is 488 g/mol. The van der Waals surface area contributed by atoms with Gasteiger partial charge in [0.25, 0.3) is 5.91 Å². The number of aryl methyl sites for hydroxylation is 3. The van der Waals surface area contributed by atoms with Crippen molar-refractivity contribution in [1.29, 1.82) is 0 Å². The Hall–Kier alpha value is -4.14. The van der Waals surface area contributed by atoms with Crippen LogP contribution in [-0.2, 0) is 30.7 Å². The zero-order valence-electron chi connectivity index (χ0n) is 20.7. The van der Waals surface area contributed by atoms with Crippen molar-refractivity contribution in [2.75, 3.05) is 20.3 Å². The Balaban J connectivity index is 1.39. The first kappa shape index (κ1) is 23.6. The molecule has 3 aromatic heterocycles. The summed E-state index contributed by atoms with van der Waals surface area (Å²) in [6.45, 7) is 5.46.